The number of nitrogens with one attached hydrogen (secondary N) is 1. The molecule has 1 amide bonds. The molecule has 0 aromatic carbocycles. The molecular formula is C9H17NO4S. The van der Waals surface area contributed by atoms with Crippen LogP contribution in [0.5, 0.6) is 0 Å². The van der Waals surface area contributed by atoms with E-state index >= 15 is 0 Å². The highest BCUT2D eigenvalue weighted by atomic mass is 32.2. The molecule has 6 heteroatoms. The van der Waals surface area contributed by atoms with E-state index in [1.165, 1.54) is 20.1 Å². The van der Waals surface area contributed by atoms with Crippen molar-refractivity contribution in [1.29, 1.82) is 0 Å². The summed E-state index contributed by atoms with van der Waals surface area (Å²) in [5, 5.41) is 11.3. The molecule has 2 atom stereocenters. The first-order valence-corrected chi connectivity index (χ1v) is 6.25. The van der Waals surface area contributed by atoms with Crippen molar-refractivity contribution in [2.45, 2.75) is 26.8 Å². The summed E-state index contributed by atoms with van der Waals surface area (Å²) in [4.78, 5) is 22.3. The number of amides is 1. The van der Waals surface area contributed by atoms with E-state index in [1.807, 2.05) is 0 Å². The van der Waals surface area contributed by atoms with Gasteiger partial charge < -0.3 is 10.4 Å². The van der Waals surface area contributed by atoms with Crippen molar-refractivity contribution in [3.63, 3.8) is 0 Å². The molecule has 0 aromatic rings. The Morgan fingerprint density at radius 2 is 1.93 bits per heavy atom. The first kappa shape index (κ1) is 14.1. The van der Waals surface area contributed by atoms with E-state index in [-0.39, 0.29) is 6.04 Å². The first-order valence-electron chi connectivity index (χ1n) is 4.52. The monoisotopic (exact) mass is 235 g/mol. The molecule has 0 bridgehead atoms. The molecule has 15 heavy (non-hydrogen) atoms. The number of carbonyl (C=O) groups is 2. The van der Waals surface area contributed by atoms with Crippen LogP contribution in [0.4, 0.5) is 0 Å². The summed E-state index contributed by atoms with van der Waals surface area (Å²) in [5.74, 6) is -1.42. The highest BCUT2D eigenvalue weighted by Gasteiger charge is 2.36. The highest BCUT2D eigenvalue weighted by molar-refractivity contribution is 7.84. The van der Waals surface area contributed by atoms with Gasteiger partial charge in [0.2, 0.25) is 5.91 Å². The predicted octanol–water partition coefficient (Wildman–Crippen LogP) is -0.0196. The lowest BCUT2D eigenvalue weighted by Crippen LogP contribution is -2.47. The van der Waals surface area contributed by atoms with Crippen LogP contribution in [0.15, 0.2) is 0 Å². The van der Waals surface area contributed by atoms with Gasteiger partial charge in [0.15, 0.2) is 0 Å². The average molecular weight is 235 g/mol. The van der Waals surface area contributed by atoms with Crippen molar-refractivity contribution in [2.75, 3.05) is 12.0 Å². The zero-order valence-corrected chi connectivity index (χ0v) is 10.2. The van der Waals surface area contributed by atoms with Crippen LogP contribution in [-0.4, -0.2) is 39.2 Å². The lowest BCUT2D eigenvalue weighted by atomic mass is 9.92. The summed E-state index contributed by atoms with van der Waals surface area (Å²) in [6.07, 6.45) is 1.53. The fourth-order valence-corrected chi connectivity index (χ4v) is 1.68. The molecule has 0 radical (unpaired) electrons. The van der Waals surface area contributed by atoms with Crippen LogP contribution >= 0.6 is 0 Å². The number of carboxylic acids is 1. The zero-order chi connectivity index (χ0) is 12.2. The number of hydrogen-bond donors (Lipinski definition) is 2. The fourth-order valence-electron chi connectivity index (χ4n) is 0.895. The van der Waals surface area contributed by atoms with Crippen molar-refractivity contribution >= 4 is 22.7 Å². The zero-order valence-electron chi connectivity index (χ0n) is 9.36. The van der Waals surface area contributed by atoms with Gasteiger partial charge in [-0.25, -0.2) is 0 Å². The third kappa shape index (κ3) is 4.42. The topological polar surface area (TPSA) is 83.5 Å². The smallest absolute Gasteiger partial charge is 0.318 e. The number of aliphatic carboxylic acids is 1. The van der Waals surface area contributed by atoms with Gasteiger partial charge in [0.05, 0.1) is 0 Å². The van der Waals surface area contributed by atoms with Crippen LogP contribution in [0.1, 0.15) is 20.8 Å². The van der Waals surface area contributed by atoms with E-state index in [2.05, 4.69) is 5.32 Å². The van der Waals surface area contributed by atoms with Crippen LogP contribution in [-0.2, 0) is 20.4 Å². The van der Waals surface area contributed by atoms with Gasteiger partial charge in [-0.05, 0) is 20.8 Å². The van der Waals surface area contributed by atoms with Crippen LogP contribution < -0.4 is 5.32 Å². The van der Waals surface area contributed by atoms with E-state index in [0.29, 0.717) is 5.75 Å². The molecule has 88 valence electrons. The van der Waals surface area contributed by atoms with Crippen LogP contribution in [0, 0.1) is 5.41 Å². The number of hydrogen-bond acceptors (Lipinski definition) is 3. The van der Waals surface area contributed by atoms with E-state index in [0.717, 1.165) is 0 Å². The SMILES string of the molecule is CC(CS(C)=O)NC(=O)C(C)(C)C(=O)O. The second-order valence-electron chi connectivity index (χ2n) is 4.04. The fraction of sp³-hybridized carbons (Fsp3) is 0.778. The van der Waals surface area contributed by atoms with Crippen molar-refractivity contribution in [3.05, 3.63) is 0 Å². The number of rotatable bonds is 5. The second-order valence-corrected chi connectivity index (χ2v) is 5.52. The third-order valence-electron chi connectivity index (χ3n) is 1.96. The Morgan fingerprint density at radius 1 is 1.47 bits per heavy atom. The lowest BCUT2D eigenvalue weighted by molar-refractivity contribution is -0.153. The molecule has 0 heterocycles. The maximum atomic E-state index is 11.5. The molecule has 5 nitrogen and oxygen atoms in total. The minimum Gasteiger partial charge on any atom is -0.480 e. The van der Waals surface area contributed by atoms with Gasteiger partial charge in [0.1, 0.15) is 5.41 Å². The molecule has 0 spiro atoms. The van der Waals surface area contributed by atoms with E-state index in [4.69, 9.17) is 5.11 Å². The highest BCUT2D eigenvalue weighted by Crippen LogP contribution is 2.15. The van der Waals surface area contributed by atoms with Crippen LogP contribution in [0.3, 0.4) is 0 Å². The normalized spacial score (nSPS) is 15.5. The lowest BCUT2D eigenvalue weighted by Gasteiger charge is -2.21. The average Bonchev–Trinajstić information content (AvgIpc) is 2.01. The van der Waals surface area contributed by atoms with Crippen molar-refractivity contribution in [2.24, 2.45) is 5.41 Å². The first-order chi connectivity index (χ1) is 6.67. The van der Waals surface area contributed by atoms with Gasteiger partial charge in [0, 0.05) is 28.9 Å². The summed E-state index contributed by atoms with van der Waals surface area (Å²) in [7, 11) is -1.01. The molecule has 0 aliphatic carbocycles. The third-order valence-corrected chi connectivity index (χ3v) is 2.93. The molecule has 0 aliphatic heterocycles. The maximum absolute atomic E-state index is 11.5. The van der Waals surface area contributed by atoms with Crippen molar-refractivity contribution < 1.29 is 18.9 Å². The summed E-state index contributed by atoms with van der Waals surface area (Å²) in [6.45, 7) is 4.36. The van der Waals surface area contributed by atoms with Gasteiger partial charge >= 0.3 is 5.97 Å². The molecule has 2 unspecified atom stereocenters. The Hall–Kier alpha value is -0.910. The van der Waals surface area contributed by atoms with E-state index < -0.39 is 28.1 Å². The molecule has 0 aromatic heterocycles. The number of carbonyl (C=O) groups excluding carboxylic acids is 1. The molecule has 2 N–H and O–H groups in total. The summed E-state index contributed by atoms with van der Waals surface area (Å²) >= 11 is 0. The predicted molar refractivity (Wildman–Crippen MR) is 58.0 cm³/mol. The molecule has 0 aliphatic rings. The minimum atomic E-state index is -1.45. The summed E-state index contributed by atoms with van der Waals surface area (Å²) < 4.78 is 10.9. The Kier molecular flexibility index (Phi) is 4.93. The van der Waals surface area contributed by atoms with Crippen LogP contribution in [0.25, 0.3) is 0 Å². The molecule has 0 rings (SSSR count). The second kappa shape index (κ2) is 5.25. The van der Waals surface area contributed by atoms with Crippen LogP contribution in [0.2, 0.25) is 0 Å². The molecule has 0 fully saturated rings. The maximum Gasteiger partial charge on any atom is 0.318 e. The van der Waals surface area contributed by atoms with E-state index in [1.54, 1.807) is 6.92 Å². The summed E-state index contributed by atoms with van der Waals surface area (Å²) in [5.41, 5.74) is -1.45. The van der Waals surface area contributed by atoms with Gasteiger partial charge in [-0.15, -0.1) is 0 Å². The molecular weight excluding hydrogens is 218 g/mol. The van der Waals surface area contributed by atoms with Crippen molar-refractivity contribution in [1.82, 2.24) is 5.32 Å². The summed E-state index contributed by atoms with van der Waals surface area (Å²) in [6, 6.07) is -0.290. The Bertz CT molecular complexity index is 288. The van der Waals surface area contributed by atoms with Gasteiger partial charge in [-0.2, -0.15) is 0 Å². The quantitative estimate of drug-likeness (QED) is 0.656. The largest absolute Gasteiger partial charge is 0.480 e. The van der Waals surface area contributed by atoms with Gasteiger partial charge in [0.25, 0.3) is 0 Å². The minimum absolute atomic E-state index is 0.290. The molecule has 0 saturated heterocycles. The standard InChI is InChI=1S/C9H17NO4S/c1-6(5-15(4)14)10-7(11)9(2,3)8(12)13/h6H,5H2,1-4H3,(H,10,11)(H,12,13). The van der Waals surface area contributed by atoms with Gasteiger partial charge in [-0.3, -0.25) is 13.8 Å². The Balaban J connectivity index is 4.37. The van der Waals surface area contributed by atoms with E-state index in [9.17, 15) is 13.8 Å². The number of carboxylic acid groups (broad SMARTS) is 1. The Morgan fingerprint density at radius 3 is 2.27 bits per heavy atom. The molecule has 0 saturated carbocycles. The Labute approximate surface area is 91.7 Å². The van der Waals surface area contributed by atoms with Crippen molar-refractivity contribution in [3.8, 4) is 0 Å². The van der Waals surface area contributed by atoms with Gasteiger partial charge in [-0.1, -0.05) is 0 Å².